The largest absolute Gasteiger partial charge is 0.481 e. The Morgan fingerprint density at radius 3 is 2.77 bits per heavy atom. The number of carbonyl (C=O) groups is 1. The summed E-state index contributed by atoms with van der Waals surface area (Å²) in [6, 6.07) is 0. The van der Waals surface area contributed by atoms with Crippen molar-refractivity contribution >= 4 is 22.9 Å². The monoisotopic (exact) mass is 411 g/mol. The molecule has 10 nitrogen and oxygen atoms in total. The van der Waals surface area contributed by atoms with Crippen LogP contribution in [0.2, 0.25) is 0 Å². The van der Waals surface area contributed by atoms with E-state index in [0.29, 0.717) is 47.8 Å². The maximum atomic E-state index is 12.8. The van der Waals surface area contributed by atoms with E-state index >= 15 is 0 Å². The zero-order chi connectivity index (χ0) is 21.5. The van der Waals surface area contributed by atoms with Crippen LogP contribution in [0.25, 0.3) is 11.2 Å². The van der Waals surface area contributed by atoms with Gasteiger partial charge in [-0.2, -0.15) is 0 Å². The lowest BCUT2D eigenvalue weighted by atomic mass is 10.2. The lowest BCUT2D eigenvalue weighted by molar-refractivity contribution is 0.0897. The molecule has 0 aromatic carbocycles. The fraction of sp³-hybridized carbons (Fsp3) is 0.450. The van der Waals surface area contributed by atoms with Crippen molar-refractivity contribution in [1.82, 2.24) is 29.8 Å². The van der Waals surface area contributed by atoms with E-state index in [2.05, 4.69) is 25.3 Å². The summed E-state index contributed by atoms with van der Waals surface area (Å²) in [6.07, 6.45) is 6.22. The second-order valence-corrected chi connectivity index (χ2v) is 7.83. The zero-order valence-electron chi connectivity index (χ0n) is 17.5. The summed E-state index contributed by atoms with van der Waals surface area (Å²) in [7, 11) is 5.33. The van der Waals surface area contributed by atoms with Crippen molar-refractivity contribution in [2.75, 3.05) is 32.6 Å². The van der Waals surface area contributed by atoms with E-state index in [1.165, 1.54) is 6.33 Å². The fourth-order valence-electron chi connectivity index (χ4n) is 3.20. The lowest BCUT2D eigenvalue weighted by Gasteiger charge is -2.12. The standard InChI is InChI=1S/C20H25N7O3/c1-12-14(23-11-24-19(12)30-4)9-27-8-13(18(28)22-10-20(29)5-6-20)16-17(27)25-15(7-21-16)26(2)3/h7-8,11,29H,5-6,9-10H2,1-4H3,(H,22,28). The SMILES string of the molecule is COc1ncnc(Cn2cc(C(=O)NCC3(O)CC3)c3ncc(N(C)C)nc32)c1C. The van der Waals surface area contributed by atoms with Crippen molar-refractivity contribution in [2.45, 2.75) is 31.9 Å². The Hall–Kier alpha value is -3.27. The summed E-state index contributed by atoms with van der Waals surface area (Å²) in [6.45, 7) is 2.49. The number of nitrogens with zero attached hydrogens (tertiary/aromatic N) is 6. The number of hydrogen-bond acceptors (Lipinski definition) is 8. The van der Waals surface area contributed by atoms with Crippen LogP contribution in [0.15, 0.2) is 18.7 Å². The molecule has 0 unspecified atom stereocenters. The molecular weight excluding hydrogens is 386 g/mol. The number of rotatable bonds is 7. The Bertz CT molecular complexity index is 1110. The molecule has 4 rings (SSSR count). The van der Waals surface area contributed by atoms with Crippen molar-refractivity contribution in [1.29, 1.82) is 0 Å². The van der Waals surface area contributed by atoms with E-state index in [0.717, 1.165) is 11.3 Å². The Balaban J connectivity index is 1.74. The van der Waals surface area contributed by atoms with E-state index < -0.39 is 5.60 Å². The molecule has 1 aliphatic rings. The highest BCUT2D eigenvalue weighted by Crippen LogP contribution is 2.34. The van der Waals surface area contributed by atoms with E-state index in [-0.39, 0.29) is 12.5 Å². The molecular formula is C20H25N7O3. The van der Waals surface area contributed by atoms with Crippen molar-refractivity contribution < 1.29 is 14.6 Å². The highest BCUT2D eigenvalue weighted by Gasteiger charge is 2.40. The van der Waals surface area contributed by atoms with Gasteiger partial charge in [-0.1, -0.05) is 0 Å². The molecule has 10 heteroatoms. The maximum Gasteiger partial charge on any atom is 0.255 e. The minimum atomic E-state index is -0.771. The van der Waals surface area contributed by atoms with E-state index in [9.17, 15) is 9.90 Å². The normalized spacial score (nSPS) is 14.6. The number of anilines is 1. The summed E-state index contributed by atoms with van der Waals surface area (Å²) in [5.41, 5.74) is 2.29. The highest BCUT2D eigenvalue weighted by molar-refractivity contribution is 6.04. The number of carbonyl (C=O) groups excluding carboxylic acids is 1. The Labute approximate surface area is 173 Å². The van der Waals surface area contributed by atoms with Crippen molar-refractivity contribution in [2.24, 2.45) is 0 Å². The molecule has 3 aromatic heterocycles. The number of methoxy groups -OCH3 is 1. The molecule has 2 N–H and O–H groups in total. The summed E-state index contributed by atoms with van der Waals surface area (Å²) in [5.74, 6) is 0.897. The molecule has 3 heterocycles. The predicted molar refractivity (Wildman–Crippen MR) is 111 cm³/mol. The third kappa shape index (κ3) is 3.78. The van der Waals surface area contributed by atoms with Crippen LogP contribution in [0.1, 0.15) is 34.5 Å². The molecule has 1 aliphatic carbocycles. The molecule has 0 bridgehead atoms. The van der Waals surface area contributed by atoms with Crippen molar-refractivity contribution in [3.63, 3.8) is 0 Å². The second-order valence-electron chi connectivity index (χ2n) is 7.83. The molecule has 1 fully saturated rings. The number of aromatic nitrogens is 5. The summed E-state index contributed by atoms with van der Waals surface area (Å²) in [5, 5.41) is 12.8. The summed E-state index contributed by atoms with van der Waals surface area (Å²) in [4.78, 5) is 32.4. The first-order chi connectivity index (χ1) is 14.3. The minimum absolute atomic E-state index is 0.226. The van der Waals surface area contributed by atoms with Gasteiger partial charge in [-0.25, -0.2) is 19.9 Å². The first-order valence-electron chi connectivity index (χ1n) is 9.69. The fourth-order valence-corrected chi connectivity index (χ4v) is 3.20. The number of amides is 1. The van der Waals surface area contributed by atoms with Gasteiger partial charge >= 0.3 is 0 Å². The Morgan fingerprint density at radius 2 is 2.10 bits per heavy atom. The van der Waals surface area contributed by atoms with Gasteiger partial charge in [0.05, 0.1) is 36.7 Å². The molecule has 158 valence electrons. The zero-order valence-corrected chi connectivity index (χ0v) is 17.5. The van der Waals surface area contributed by atoms with Gasteiger partial charge in [0.15, 0.2) is 5.65 Å². The minimum Gasteiger partial charge on any atom is -0.481 e. The predicted octanol–water partition coefficient (Wildman–Crippen LogP) is 0.907. The molecule has 1 saturated carbocycles. The Morgan fingerprint density at radius 1 is 1.33 bits per heavy atom. The van der Waals surface area contributed by atoms with E-state index in [1.54, 1.807) is 19.5 Å². The van der Waals surface area contributed by atoms with Gasteiger partial charge in [-0.15, -0.1) is 0 Å². The molecule has 1 amide bonds. The number of ether oxygens (including phenoxy) is 1. The van der Waals surface area contributed by atoms with Crippen LogP contribution < -0.4 is 15.0 Å². The first-order valence-corrected chi connectivity index (χ1v) is 9.69. The molecule has 0 radical (unpaired) electrons. The molecule has 0 spiro atoms. The lowest BCUT2D eigenvalue weighted by Crippen LogP contribution is -2.33. The van der Waals surface area contributed by atoms with E-state index in [1.807, 2.05) is 30.5 Å². The van der Waals surface area contributed by atoms with E-state index in [4.69, 9.17) is 4.74 Å². The topological polar surface area (TPSA) is 118 Å². The molecule has 3 aromatic rings. The quantitative estimate of drug-likeness (QED) is 0.589. The third-order valence-corrected chi connectivity index (χ3v) is 5.32. The summed E-state index contributed by atoms with van der Waals surface area (Å²) < 4.78 is 7.14. The van der Waals surface area contributed by atoms with Crippen LogP contribution in [0.3, 0.4) is 0 Å². The van der Waals surface area contributed by atoms with Gasteiger partial charge in [0.2, 0.25) is 5.88 Å². The van der Waals surface area contributed by atoms with Crippen LogP contribution >= 0.6 is 0 Å². The molecule has 0 atom stereocenters. The van der Waals surface area contributed by atoms with Crippen LogP contribution in [0.4, 0.5) is 5.82 Å². The van der Waals surface area contributed by atoms with Crippen molar-refractivity contribution in [3.8, 4) is 5.88 Å². The Kier molecular flexibility index (Phi) is 5.02. The highest BCUT2D eigenvalue weighted by atomic mass is 16.5. The maximum absolute atomic E-state index is 12.8. The molecule has 30 heavy (non-hydrogen) atoms. The second kappa shape index (κ2) is 7.52. The van der Waals surface area contributed by atoms with Gasteiger partial charge in [-0.05, 0) is 19.8 Å². The van der Waals surface area contributed by atoms with Gasteiger partial charge < -0.3 is 24.6 Å². The van der Waals surface area contributed by atoms with Crippen molar-refractivity contribution in [3.05, 3.63) is 35.5 Å². The van der Waals surface area contributed by atoms with Crippen LogP contribution in [0.5, 0.6) is 5.88 Å². The van der Waals surface area contributed by atoms with Gasteiger partial charge in [-0.3, -0.25) is 4.79 Å². The number of fused-ring (bicyclic) bond motifs is 1. The third-order valence-electron chi connectivity index (χ3n) is 5.32. The number of nitrogens with one attached hydrogen (secondary N) is 1. The van der Waals surface area contributed by atoms with Gasteiger partial charge in [0.25, 0.3) is 5.91 Å². The number of hydrogen-bond donors (Lipinski definition) is 2. The number of aliphatic hydroxyl groups is 1. The average molecular weight is 411 g/mol. The van der Waals surface area contributed by atoms with Crippen LogP contribution in [-0.2, 0) is 6.54 Å². The first kappa shape index (κ1) is 20.0. The molecule has 0 aliphatic heterocycles. The van der Waals surface area contributed by atoms with Crippen LogP contribution in [0, 0.1) is 6.92 Å². The summed E-state index contributed by atoms with van der Waals surface area (Å²) >= 11 is 0. The molecule has 0 saturated heterocycles. The average Bonchev–Trinajstić information content (AvgIpc) is 3.37. The van der Waals surface area contributed by atoms with Gasteiger partial charge in [0.1, 0.15) is 17.7 Å². The van der Waals surface area contributed by atoms with Crippen LogP contribution in [-0.4, -0.2) is 68.9 Å². The smallest absolute Gasteiger partial charge is 0.255 e. The van der Waals surface area contributed by atoms with Gasteiger partial charge in [0, 0.05) is 32.4 Å².